The van der Waals surface area contributed by atoms with Crippen LogP contribution in [0.3, 0.4) is 0 Å². The first kappa shape index (κ1) is 16.8. The topological polar surface area (TPSA) is 66.6 Å². The molecule has 0 spiro atoms. The molecule has 2 saturated heterocycles. The van der Waals surface area contributed by atoms with E-state index in [1.54, 1.807) is 33.7 Å². The van der Waals surface area contributed by atoms with E-state index < -0.39 is 0 Å². The van der Waals surface area contributed by atoms with Crippen LogP contribution in [0.4, 0.5) is 10.5 Å². The van der Waals surface area contributed by atoms with Gasteiger partial charge in [-0.05, 0) is 18.1 Å². The Labute approximate surface area is 152 Å². The molecule has 2 aliphatic rings. The van der Waals surface area contributed by atoms with Crippen LogP contribution >= 0.6 is 0 Å². The summed E-state index contributed by atoms with van der Waals surface area (Å²) in [5.74, 6) is 0. The standard InChI is InChI=1S/C18H24N6O2/c1-20-5-3-14(9-17(20)25)11-22-6-4-15(12-22)24-13-16(10-19-24)23-8-7-21(2)18(23)26/h3,5,9-10,13,15H,4,6-8,11-12H2,1-2H3. The van der Waals surface area contributed by atoms with Crippen molar-refractivity contribution in [1.29, 1.82) is 0 Å². The highest BCUT2D eigenvalue weighted by Gasteiger charge is 2.29. The number of likely N-dealkylation sites (N-methyl/N-ethyl adjacent to an activating group) is 1. The minimum atomic E-state index is 0.0233. The van der Waals surface area contributed by atoms with E-state index in [1.165, 1.54) is 0 Å². The first-order chi connectivity index (χ1) is 12.5. The zero-order valence-electron chi connectivity index (χ0n) is 15.2. The molecule has 138 valence electrons. The van der Waals surface area contributed by atoms with Crippen LogP contribution in [0.15, 0.2) is 35.5 Å². The number of likely N-dealkylation sites (tertiary alicyclic amines) is 1. The van der Waals surface area contributed by atoms with Crippen molar-refractivity contribution < 1.29 is 4.79 Å². The number of urea groups is 1. The molecule has 8 nitrogen and oxygen atoms in total. The van der Waals surface area contributed by atoms with Gasteiger partial charge in [-0.3, -0.25) is 19.3 Å². The van der Waals surface area contributed by atoms with Gasteiger partial charge in [0.05, 0.1) is 17.9 Å². The smallest absolute Gasteiger partial charge is 0.324 e. The molecule has 2 fully saturated rings. The molecule has 0 aromatic carbocycles. The van der Waals surface area contributed by atoms with Crippen LogP contribution in [0, 0.1) is 0 Å². The van der Waals surface area contributed by atoms with Gasteiger partial charge in [-0.25, -0.2) is 4.79 Å². The van der Waals surface area contributed by atoms with E-state index in [4.69, 9.17) is 0 Å². The summed E-state index contributed by atoms with van der Waals surface area (Å²) in [5.41, 5.74) is 1.93. The Hall–Kier alpha value is -2.61. The van der Waals surface area contributed by atoms with Gasteiger partial charge in [0.15, 0.2) is 0 Å². The molecule has 2 aromatic rings. The van der Waals surface area contributed by atoms with Crippen LogP contribution in [0.5, 0.6) is 0 Å². The molecule has 0 N–H and O–H groups in total. The van der Waals surface area contributed by atoms with E-state index >= 15 is 0 Å². The maximum Gasteiger partial charge on any atom is 0.324 e. The Kier molecular flexibility index (Phi) is 4.28. The van der Waals surface area contributed by atoms with Crippen LogP contribution in [0.1, 0.15) is 18.0 Å². The molecule has 2 aromatic heterocycles. The van der Waals surface area contributed by atoms with Crippen molar-refractivity contribution in [2.24, 2.45) is 7.05 Å². The zero-order chi connectivity index (χ0) is 18.3. The van der Waals surface area contributed by atoms with Crippen LogP contribution < -0.4 is 10.5 Å². The molecule has 2 aliphatic heterocycles. The number of amides is 2. The molecular weight excluding hydrogens is 332 g/mol. The molecule has 1 atom stereocenters. The predicted molar refractivity (Wildman–Crippen MR) is 98.2 cm³/mol. The molecule has 1 unspecified atom stereocenters. The zero-order valence-corrected chi connectivity index (χ0v) is 15.2. The van der Waals surface area contributed by atoms with Gasteiger partial charge >= 0.3 is 6.03 Å². The van der Waals surface area contributed by atoms with Gasteiger partial charge in [0.1, 0.15) is 0 Å². The first-order valence-corrected chi connectivity index (χ1v) is 8.96. The third kappa shape index (κ3) is 3.12. The number of carbonyl (C=O) groups excluding carboxylic acids is 1. The fourth-order valence-electron chi connectivity index (χ4n) is 3.67. The molecule has 0 bridgehead atoms. The number of carbonyl (C=O) groups is 1. The summed E-state index contributed by atoms with van der Waals surface area (Å²) in [6.45, 7) is 4.10. The summed E-state index contributed by atoms with van der Waals surface area (Å²) < 4.78 is 3.56. The fourth-order valence-corrected chi connectivity index (χ4v) is 3.67. The molecule has 4 heterocycles. The van der Waals surface area contributed by atoms with E-state index in [2.05, 4.69) is 10.00 Å². The van der Waals surface area contributed by atoms with Crippen molar-refractivity contribution >= 4 is 11.7 Å². The van der Waals surface area contributed by atoms with E-state index in [0.29, 0.717) is 12.6 Å². The van der Waals surface area contributed by atoms with Gasteiger partial charge in [0.2, 0.25) is 0 Å². The minimum absolute atomic E-state index is 0.0233. The Balaban J connectivity index is 1.40. The molecule has 0 saturated carbocycles. The maximum absolute atomic E-state index is 12.1. The van der Waals surface area contributed by atoms with Crippen molar-refractivity contribution in [3.05, 3.63) is 46.6 Å². The lowest BCUT2D eigenvalue weighted by molar-refractivity contribution is 0.229. The van der Waals surface area contributed by atoms with E-state index in [1.807, 2.05) is 30.2 Å². The number of pyridine rings is 1. The average molecular weight is 356 g/mol. The molecular formula is C18H24N6O2. The third-order valence-corrected chi connectivity index (χ3v) is 5.31. The van der Waals surface area contributed by atoms with Gasteiger partial charge in [-0.15, -0.1) is 0 Å². The lowest BCUT2D eigenvalue weighted by atomic mass is 10.2. The molecule has 26 heavy (non-hydrogen) atoms. The summed E-state index contributed by atoms with van der Waals surface area (Å²) >= 11 is 0. The van der Waals surface area contributed by atoms with Gasteiger partial charge in [0.25, 0.3) is 5.56 Å². The minimum Gasteiger partial charge on any atom is -0.326 e. The van der Waals surface area contributed by atoms with Gasteiger partial charge in [0, 0.05) is 65.3 Å². The van der Waals surface area contributed by atoms with Crippen molar-refractivity contribution in [2.45, 2.75) is 19.0 Å². The Bertz CT molecular complexity index is 873. The number of hydrogen-bond acceptors (Lipinski definition) is 4. The second kappa shape index (κ2) is 6.60. The van der Waals surface area contributed by atoms with Gasteiger partial charge in [-0.2, -0.15) is 5.10 Å². The molecule has 0 radical (unpaired) electrons. The number of aromatic nitrogens is 3. The highest BCUT2D eigenvalue weighted by atomic mass is 16.2. The van der Waals surface area contributed by atoms with Gasteiger partial charge in [-0.1, -0.05) is 0 Å². The van der Waals surface area contributed by atoms with Crippen molar-refractivity contribution in [2.75, 3.05) is 38.1 Å². The second-order valence-electron chi connectivity index (χ2n) is 7.20. The molecule has 2 amide bonds. The summed E-state index contributed by atoms with van der Waals surface area (Å²) in [6.07, 6.45) is 6.58. The second-order valence-corrected chi connectivity index (χ2v) is 7.20. The van der Waals surface area contributed by atoms with Crippen LogP contribution in [-0.4, -0.2) is 63.4 Å². The monoisotopic (exact) mass is 356 g/mol. The first-order valence-electron chi connectivity index (χ1n) is 8.96. The lowest BCUT2D eigenvalue weighted by Crippen LogP contribution is -2.28. The largest absolute Gasteiger partial charge is 0.326 e. The normalized spacial score (nSPS) is 21.2. The fraction of sp³-hybridized carbons (Fsp3) is 0.500. The Morgan fingerprint density at radius 2 is 2.04 bits per heavy atom. The molecule has 8 heteroatoms. The Morgan fingerprint density at radius 1 is 1.19 bits per heavy atom. The van der Waals surface area contributed by atoms with E-state index in [-0.39, 0.29) is 11.6 Å². The lowest BCUT2D eigenvalue weighted by Gasteiger charge is -2.16. The molecule has 4 rings (SSSR count). The number of aryl methyl sites for hydroxylation is 1. The number of nitrogens with zero attached hydrogens (tertiary/aromatic N) is 6. The summed E-state index contributed by atoms with van der Waals surface area (Å²) in [4.78, 5) is 29.7. The SMILES string of the molecule is CN1CCN(c2cnn(C3CCN(Cc4ccn(C)c(=O)c4)C3)c2)C1=O. The average Bonchev–Trinajstić information content (AvgIpc) is 3.33. The van der Waals surface area contributed by atoms with Crippen molar-refractivity contribution in [1.82, 2.24) is 24.1 Å². The number of hydrogen-bond donors (Lipinski definition) is 0. The van der Waals surface area contributed by atoms with Crippen LogP contribution in [0.25, 0.3) is 0 Å². The number of rotatable bonds is 4. The van der Waals surface area contributed by atoms with E-state index in [0.717, 1.165) is 43.9 Å². The van der Waals surface area contributed by atoms with Crippen molar-refractivity contribution in [3.8, 4) is 0 Å². The quantitative estimate of drug-likeness (QED) is 0.816. The summed E-state index contributed by atoms with van der Waals surface area (Å²) in [5, 5.41) is 4.49. The highest BCUT2D eigenvalue weighted by molar-refractivity contribution is 5.93. The van der Waals surface area contributed by atoms with E-state index in [9.17, 15) is 9.59 Å². The predicted octanol–water partition coefficient (Wildman–Crippen LogP) is 0.901. The third-order valence-electron chi connectivity index (χ3n) is 5.31. The van der Waals surface area contributed by atoms with Crippen molar-refractivity contribution in [3.63, 3.8) is 0 Å². The summed E-state index contributed by atoms with van der Waals surface area (Å²) in [7, 11) is 3.58. The summed E-state index contributed by atoms with van der Waals surface area (Å²) in [6, 6.07) is 4.03. The number of anilines is 1. The van der Waals surface area contributed by atoms with Gasteiger partial charge < -0.3 is 9.47 Å². The highest BCUT2D eigenvalue weighted by Crippen LogP contribution is 2.26. The maximum atomic E-state index is 12.1. The van der Waals surface area contributed by atoms with Crippen LogP contribution in [0.2, 0.25) is 0 Å². The molecule has 0 aliphatic carbocycles. The Morgan fingerprint density at radius 3 is 2.77 bits per heavy atom. The van der Waals surface area contributed by atoms with Crippen LogP contribution in [-0.2, 0) is 13.6 Å².